The Bertz CT molecular complexity index is 761. The molecule has 18 heavy (non-hydrogen) atoms. The molecule has 2 aromatic heterocycles. The lowest BCUT2D eigenvalue weighted by Gasteiger charge is -1.97. The minimum Gasteiger partial charge on any atom is -0.339 e. The number of ketones is 1. The molecular weight excluding hydrogens is 292 g/mol. The Labute approximate surface area is 112 Å². The van der Waals surface area contributed by atoms with Gasteiger partial charge in [0.05, 0.1) is 5.33 Å². The van der Waals surface area contributed by atoms with Crippen LogP contribution in [0.4, 0.5) is 0 Å². The third-order valence-electron chi connectivity index (χ3n) is 3.04. The van der Waals surface area contributed by atoms with E-state index in [9.17, 15) is 4.79 Å². The first kappa shape index (κ1) is 11.4. The number of hydrogen-bond donors (Lipinski definition) is 1. The van der Waals surface area contributed by atoms with Gasteiger partial charge < -0.3 is 4.98 Å². The molecule has 0 spiro atoms. The number of nitrogens with zero attached hydrogens (tertiary/aromatic N) is 1. The summed E-state index contributed by atoms with van der Waals surface area (Å²) in [5, 5.41) is 2.45. The summed E-state index contributed by atoms with van der Waals surface area (Å²) >= 11 is 3.20. The van der Waals surface area contributed by atoms with Crippen molar-refractivity contribution < 1.29 is 4.79 Å². The fourth-order valence-corrected chi connectivity index (χ4v) is 2.45. The molecule has 0 radical (unpaired) electrons. The molecule has 0 saturated carbocycles. The number of aromatic amines is 1. The van der Waals surface area contributed by atoms with Gasteiger partial charge in [0.2, 0.25) is 0 Å². The van der Waals surface area contributed by atoms with E-state index in [1.807, 2.05) is 37.3 Å². The van der Waals surface area contributed by atoms with E-state index in [-0.39, 0.29) is 5.78 Å². The first-order valence-corrected chi connectivity index (χ1v) is 6.79. The number of alkyl halides is 1. The number of rotatable bonds is 2. The zero-order chi connectivity index (χ0) is 12.7. The Morgan fingerprint density at radius 1 is 1.28 bits per heavy atom. The van der Waals surface area contributed by atoms with Crippen molar-refractivity contribution in [3.05, 3.63) is 41.6 Å². The van der Waals surface area contributed by atoms with Crippen molar-refractivity contribution in [1.82, 2.24) is 9.97 Å². The highest BCUT2D eigenvalue weighted by Crippen LogP contribution is 2.25. The van der Waals surface area contributed by atoms with Crippen LogP contribution in [-0.4, -0.2) is 21.1 Å². The van der Waals surface area contributed by atoms with E-state index >= 15 is 0 Å². The molecule has 0 amide bonds. The smallest absolute Gasteiger partial charge is 0.173 e. The van der Waals surface area contributed by atoms with Crippen LogP contribution in [0.5, 0.6) is 0 Å². The van der Waals surface area contributed by atoms with E-state index < -0.39 is 0 Å². The maximum Gasteiger partial charge on any atom is 0.173 e. The van der Waals surface area contributed by atoms with E-state index in [1.54, 1.807) is 0 Å². The molecule has 3 aromatic rings. The van der Waals surface area contributed by atoms with Gasteiger partial charge >= 0.3 is 0 Å². The largest absolute Gasteiger partial charge is 0.339 e. The molecule has 0 atom stereocenters. The van der Waals surface area contributed by atoms with Gasteiger partial charge in [-0.25, -0.2) is 4.98 Å². The summed E-state index contributed by atoms with van der Waals surface area (Å²) in [7, 11) is 0. The number of nitrogens with one attached hydrogen (secondary N) is 1. The van der Waals surface area contributed by atoms with Crippen molar-refractivity contribution in [1.29, 1.82) is 0 Å². The molecule has 0 saturated heterocycles. The lowest BCUT2D eigenvalue weighted by Crippen LogP contribution is -1.98. The molecule has 1 N–H and O–H groups in total. The minimum absolute atomic E-state index is 0.0892. The zero-order valence-corrected chi connectivity index (χ0v) is 11.4. The summed E-state index contributed by atoms with van der Waals surface area (Å²) < 4.78 is 0. The summed E-state index contributed by atoms with van der Waals surface area (Å²) in [6, 6.07) is 9.72. The number of carbonyl (C=O) groups is 1. The van der Waals surface area contributed by atoms with Crippen molar-refractivity contribution in [2.24, 2.45) is 0 Å². The van der Waals surface area contributed by atoms with Gasteiger partial charge in [-0.3, -0.25) is 4.79 Å². The van der Waals surface area contributed by atoms with Crippen LogP contribution >= 0.6 is 15.9 Å². The molecule has 1 aromatic carbocycles. The first-order chi connectivity index (χ1) is 8.69. The lowest BCUT2D eigenvalue weighted by molar-refractivity contribution is 0.102. The van der Waals surface area contributed by atoms with Gasteiger partial charge in [-0.15, -0.1) is 0 Å². The van der Waals surface area contributed by atoms with Gasteiger partial charge in [-0.1, -0.05) is 15.9 Å². The summed E-state index contributed by atoms with van der Waals surface area (Å²) in [5.74, 6) is 0.0892. The lowest BCUT2D eigenvalue weighted by atomic mass is 10.1. The summed E-state index contributed by atoms with van der Waals surface area (Å²) in [6.07, 6.45) is 0. The standard InChI is InChI=1S/C14H11BrN2O/c1-8-2-4-10-11-6-9(13(18)7-15)3-5-12(11)17-14(10)16-8/h2-6H,7H2,1H3,(H,16,17). The molecule has 0 aliphatic rings. The molecule has 3 rings (SSSR count). The maximum atomic E-state index is 11.7. The van der Waals surface area contributed by atoms with E-state index in [2.05, 4.69) is 25.9 Å². The van der Waals surface area contributed by atoms with Gasteiger partial charge in [-0.05, 0) is 37.3 Å². The quantitative estimate of drug-likeness (QED) is 0.581. The van der Waals surface area contributed by atoms with Gasteiger partial charge in [0.25, 0.3) is 0 Å². The molecule has 3 nitrogen and oxygen atoms in total. The van der Waals surface area contributed by atoms with E-state index in [0.717, 1.165) is 33.2 Å². The number of pyridine rings is 1. The molecule has 4 heteroatoms. The topological polar surface area (TPSA) is 45.8 Å². The second-order valence-corrected chi connectivity index (χ2v) is 4.85. The average molecular weight is 303 g/mol. The Morgan fingerprint density at radius 2 is 2.11 bits per heavy atom. The maximum absolute atomic E-state index is 11.7. The van der Waals surface area contributed by atoms with Gasteiger partial charge in [0.1, 0.15) is 5.65 Å². The third kappa shape index (κ3) is 1.73. The molecule has 90 valence electrons. The van der Waals surface area contributed by atoms with E-state index in [4.69, 9.17) is 0 Å². The fraction of sp³-hybridized carbons (Fsp3) is 0.143. The van der Waals surface area contributed by atoms with Crippen molar-refractivity contribution in [2.45, 2.75) is 6.92 Å². The number of H-pyrrole nitrogens is 1. The molecular formula is C14H11BrN2O. The van der Waals surface area contributed by atoms with Crippen LogP contribution < -0.4 is 0 Å². The Kier molecular flexibility index (Phi) is 2.67. The molecule has 0 aliphatic heterocycles. The highest BCUT2D eigenvalue weighted by atomic mass is 79.9. The van der Waals surface area contributed by atoms with Crippen LogP contribution in [0.1, 0.15) is 16.1 Å². The monoisotopic (exact) mass is 302 g/mol. The van der Waals surface area contributed by atoms with Gasteiger partial charge in [0, 0.05) is 27.5 Å². The summed E-state index contributed by atoms with van der Waals surface area (Å²) in [6.45, 7) is 1.96. The SMILES string of the molecule is Cc1ccc2c(n1)[nH]c1ccc(C(=O)CBr)cc12. The molecule has 2 heterocycles. The number of hydrogen-bond acceptors (Lipinski definition) is 2. The summed E-state index contributed by atoms with van der Waals surface area (Å²) in [4.78, 5) is 19.4. The second kappa shape index (κ2) is 4.21. The van der Waals surface area contributed by atoms with Crippen LogP contribution in [-0.2, 0) is 0 Å². The highest BCUT2D eigenvalue weighted by molar-refractivity contribution is 9.09. The number of aryl methyl sites for hydroxylation is 1. The third-order valence-corrected chi connectivity index (χ3v) is 3.55. The van der Waals surface area contributed by atoms with Crippen molar-refractivity contribution >= 4 is 43.6 Å². The number of benzene rings is 1. The van der Waals surface area contributed by atoms with Crippen LogP contribution in [0.2, 0.25) is 0 Å². The Hall–Kier alpha value is -1.68. The molecule has 0 fully saturated rings. The van der Waals surface area contributed by atoms with Crippen LogP contribution in [0.25, 0.3) is 21.9 Å². The summed E-state index contributed by atoms with van der Waals surface area (Å²) in [5.41, 5.74) is 3.58. The number of carbonyl (C=O) groups excluding carboxylic acids is 1. The van der Waals surface area contributed by atoms with Crippen LogP contribution in [0.3, 0.4) is 0 Å². The van der Waals surface area contributed by atoms with Gasteiger partial charge in [0.15, 0.2) is 5.78 Å². The second-order valence-electron chi connectivity index (χ2n) is 4.29. The minimum atomic E-state index is 0.0892. The van der Waals surface area contributed by atoms with E-state index in [1.165, 1.54) is 0 Å². The Morgan fingerprint density at radius 3 is 2.89 bits per heavy atom. The fourth-order valence-electron chi connectivity index (χ4n) is 2.12. The van der Waals surface area contributed by atoms with Crippen molar-refractivity contribution in [3.8, 4) is 0 Å². The molecule has 0 bridgehead atoms. The zero-order valence-electron chi connectivity index (χ0n) is 9.83. The number of fused-ring (bicyclic) bond motifs is 3. The van der Waals surface area contributed by atoms with Crippen LogP contribution in [0.15, 0.2) is 30.3 Å². The number of halogens is 1. The predicted molar refractivity (Wildman–Crippen MR) is 76.5 cm³/mol. The molecule has 0 unspecified atom stereocenters. The average Bonchev–Trinajstić information content (AvgIpc) is 2.74. The first-order valence-electron chi connectivity index (χ1n) is 5.67. The number of aromatic nitrogens is 2. The van der Waals surface area contributed by atoms with Crippen molar-refractivity contribution in [2.75, 3.05) is 5.33 Å². The predicted octanol–water partition coefficient (Wildman–Crippen LogP) is 3.60. The van der Waals surface area contributed by atoms with E-state index in [0.29, 0.717) is 5.33 Å². The van der Waals surface area contributed by atoms with Crippen molar-refractivity contribution in [3.63, 3.8) is 0 Å². The molecule has 0 aliphatic carbocycles. The number of Topliss-reactive ketones (excluding diaryl/α,β-unsaturated/α-hetero) is 1. The Balaban J connectivity index is 2.32. The normalized spacial score (nSPS) is 11.2. The highest BCUT2D eigenvalue weighted by Gasteiger charge is 2.09. The van der Waals surface area contributed by atoms with Gasteiger partial charge in [-0.2, -0.15) is 0 Å². The van der Waals surface area contributed by atoms with Crippen LogP contribution in [0, 0.1) is 6.92 Å².